The zero-order chi connectivity index (χ0) is 13.1. The third-order valence-corrected chi connectivity index (χ3v) is 4.64. The summed E-state index contributed by atoms with van der Waals surface area (Å²) in [5, 5.41) is 3.22. The molecule has 3 N–H and O–H groups in total. The van der Waals surface area contributed by atoms with Crippen molar-refractivity contribution in [3.05, 3.63) is 0 Å². The van der Waals surface area contributed by atoms with Crippen LogP contribution in [0.25, 0.3) is 0 Å². The fraction of sp³-hybridized carbons (Fsp3) is 0.929. The first-order valence-corrected chi connectivity index (χ1v) is 7.32. The number of nitrogens with two attached hydrogens (primary N) is 1. The number of rotatable bonds is 2. The van der Waals surface area contributed by atoms with Crippen molar-refractivity contribution < 1.29 is 4.79 Å². The van der Waals surface area contributed by atoms with Crippen LogP contribution >= 0.6 is 0 Å². The molecule has 2 aliphatic rings. The Labute approximate surface area is 110 Å². The highest BCUT2D eigenvalue weighted by Crippen LogP contribution is 2.29. The molecule has 1 aliphatic heterocycles. The summed E-state index contributed by atoms with van der Waals surface area (Å²) in [6, 6.07) is 0.412. The van der Waals surface area contributed by atoms with Crippen LogP contribution in [0, 0.1) is 11.8 Å². The average molecular weight is 253 g/mol. The molecule has 0 spiro atoms. The van der Waals surface area contributed by atoms with Crippen LogP contribution in [-0.4, -0.2) is 43.0 Å². The van der Waals surface area contributed by atoms with Gasteiger partial charge in [-0.25, -0.2) is 0 Å². The molecular weight excluding hydrogens is 226 g/mol. The van der Waals surface area contributed by atoms with E-state index in [0.29, 0.717) is 12.0 Å². The van der Waals surface area contributed by atoms with Gasteiger partial charge in [-0.3, -0.25) is 4.79 Å². The fourth-order valence-corrected chi connectivity index (χ4v) is 3.36. The van der Waals surface area contributed by atoms with Crippen molar-refractivity contribution in [1.29, 1.82) is 0 Å². The standard InChI is InChI=1S/C14H27N3O/c1-10-4-3-5-12(15)13(10)14(18)16-11-6-8-17(2)9-7-11/h10-13H,3-9,15H2,1-2H3,(H,16,18). The van der Waals surface area contributed by atoms with Crippen molar-refractivity contribution in [2.75, 3.05) is 20.1 Å². The number of nitrogens with zero attached hydrogens (tertiary/aromatic N) is 1. The van der Waals surface area contributed by atoms with Crippen molar-refractivity contribution in [3.8, 4) is 0 Å². The molecule has 2 rings (SSSR count). The minimum absolute atomic E-state index is 0.0263. The Bertz CT molecular complexity index is 277. The number of likely N-dealkylation sites (tertiary alicyclic amines) is 1. The van der Waals surface area contributed by atoms with Crippen LogP contribution in [0.3, 0.4) is 0 Å². The van der Waals surface area contributed by atoms with Gasteiger partial charge in [0.2, 0.25) is 5.91 Å². The minimum atomic E-state index is 0.0263. The molecule has 1 saturated carbocycles. The van der Waals surface area contributed by atoms with Gasteiger partial charge in [-0.1, -0.05) is 13.3 Å². The van der Waals surface area contributed by atoms with Crippen molar-refractivity contribution in [1.82, 2.24) is 10.2 Å². The molecule has 1 aliphatic carbocycles. The van der Waals surface area contributed by atoms with Gasteiger partial charge in [0.1, 0.15) is 0 Å². The van der Waals surface area contributed by atoms with Crippen LogP contribution in [0.4, 0.5) is 0 Å². The topological polar surface area (TPSA) is 58.4 Å². The summed E-state index contributed by atoms with van der Waals surface area (Å²) in [4.78, 5) is 14.7. The molecule has 1 heterocycles. The van der Waals surface area contributed by atoms with Gasteiger partial charge in [0.05, 0.1) is 5.92 Å². The summed E-state index contributed by atoms with van der Waals surface area (Å²) < 4.78 is 0. The van der Waals surface area contributed by atoms with Crippen molar-refractivity contribution in [2.24, 2.45) is 17.6 Å². The summed E-state index contributed by atoms with van der Waals surface area (Å²) in [6.45, 7) is 4.33. The Kier molecular flexibility index (Phi) is 4.62. The van der Waals surface area contributed by atoms with Crippen LogP contribution in [-0.2, 0) is 4.79 Å². The summed E-state index contributed by atoms with van der Waals surface area (Å²) in [7, 11) is 2.14. The number of carbonyl (C=O) groups is 1. The SMILES string of the molecule is CC1CCCC(N)C1C(=O)NC1CCN(C)CC1. The first-order valence-electron chi connectivity index (χ1n) is 7.32. The Morgan fingerprint density at radius 2 is 1.89 bits per heavy atom. The summed E-state index contributed by atoms with van der Waals surface area (Å²) in [5.74, 6) is 0.655. The second kappa shape index (κ2) is 6.02. The average Bonchev–Trinajstić information content (AvgIpc) is 2.32. The third kappa shape index (κ3) is 3.23. The molecule has 4 nitrogen and oxygen atoms in total. The number of carbonyl (C=O) groups excluding carboxylic acids is 1. The molecule has 3 unspecified atom stereocenters. The van der Waals surface area contributed by atoms with E-state index in [1.54, 1.807) is 0 Å². The Hall–Kier alpha value is -0.610. The lowest BCUT2D eigenvalue weighted by atomic mass is 9.76. The van der Waals surface area contributed by atoms with E-state index < -0.39 is 0 Å². The van der Waals surface area contributed by atoms with Crippen LogP contribution in [0.1, 0.15) is 39.0 Å². The number of nitrogens with one attached hydrogen (secondary N) is 1. The van der Waals surface area contributed by atoms with Crippen molar-refractivity contribution in [2.45, 2.75) is 51.1 Å². The molecule has 18 heavy (non-hydrogen) atoms. The molecule has 0 aromatic carbocycles. The van der Waals surface area contributed by atoms with E-state index in [0.717, 1.165) is 38.8 Å². The minimum Gasteiger partial charge on any atom is -0.353 e. The van der Waals surface area contributed by atoms with Crippen LogP contribution in [0.15, 0.2) is 0 Å². The first-order chi connectivity index (χ1) is 8.58. The number of amides is 1. The highest BCUT2D eigenvalue weighted by Gasteiger charge is 2.34. The van der Waals surface area contributed by atoms with Gasteiger partial charge in [-0.15, -0.1) is 0 Å². The Morgan fingerprint density at radius 1 is 1.22 bits per heavy atom. The molecule has 0 aromatic rings. The van der Waals surface area contributed by atoms with E-state index in [2.05, 4.69) is 24.2 Å². The highest BCUT2D eigenvalue weighted by molar-refractivity contribution is 5.80. The Morgan fingerprint density at radius 3 is 2.50 bits per heavy atom. The largest absolute Gasteiger partial charge is 0.353 e. The molecule has 104 valence electrons. The van der Waals surface area contributed by atoms with Crippen molar-refractivity contribution >= 4 is 5.91 Å². The lowest BCUT2D eigenvalue weighted by Gasteiger charge is -2.36. The summed E-state index contributed by atoms with van der Waals surface area (Å²) in [5.41, 5.74) is 6.13. The van der Waals surface area contributed by atoms with Gasteiger partial charge in [-0.2, -0.15) is 0 Å². The molecule has 3 atom stereocenters. The van der Waals surface area contributed by atoms with Gasteiger partial charge in [0, 0.05) is 12.1 Å². The predicted molar refractivity (Wildman–Crippen MR) is 73.1 cm³/mol. The zero-order valence-electron chi connectivity index (χ0n) is 11.7. The van der Waals surface area contributed by atoms with E-state index in [-0.39, 0.29) is 17.9 Å². The van der Waals surface area contributed by atoms with E-state index in [9.17, 15) is 4.79 Å². The van der Waals surface area contributed by atoms with Crippen LogP contribution < -0.4 is 11.1 Å². The van der Waals surface area contributed by atoms with E-state index in [1.807, 2.05) is 0 Å². The maximum atomic E-state index is 12.4. The van der Waals surface area contributed by atoms with Gasteiger partial charge >= 0.3 is 0 Å². The lowest BCUT2D eigenvalue weighted by molar-refractivity contribution is -0.129. The second-order valence-corrected chi connectivity index (χ2v) is 6.18. The molecule has 0 aromatic heterocycles. The predicted octanol–water partition coefficient (Wildman–Crippen LogP) is 0.960. The smallest absolute Gasteiger partial charge is 0.225 e. The normalized spacial score (nSPS) is 35.4. The zero-order valence-corrected chi connectivity index (χ0v) is 11.7. The maximum absolute atomic E-state index is 12.4. The van der Waals surface area contributed by atoms with E-state index in [1.165, 1.54) is 6.42 Å². The third-order valence-electron chi connectivity index (χ3n) is 4.64. The fourth-order valence-electron chi connectivity index (χ4n) is 3.36. The van der Waals surface area contributed by atoms with E-state index >= 15 is 0 Å². The molecular formula is C14H27N3O. The number of hydrogen-bond donors (Lipinski definition) is 2. The first kappa shape index (κ1) is 13.8. The van der Waals surface area contributed by atoms with Gasteiger partial charge in [0.25, 0.3) is 0 Å². The van der Waals surface area contributed by atoms with Crippen molar-refractivity contribution in [3.63, 3.8) is 0 Å². The van der Waals surface area contributed by atoms with E-state index in [4.69, 9.17) is 5.73 Å². The quantitative estimate of drug-likeness (QED) is 0.770. The Balaban J connectivity index is 1.86. The molecule has 0 bridgehead atoms. The number of hydrogen-bond acceptors (Lipinski definition) is 3. The van der Waals surface area contributed by atoms with Gasteiger partial charge in [-0.05, 0) is 51.7 Å². The van der Waals surface area contributed by atoms with Gasteiger partial charge < -0.3 is 16.0 Å². The van der Waals surface area contributed by atoms with Crippen LogP contribution in [0.2, 0.25) is 0 Å². The molecule has 1 saturated heterocycles. The molecule has 1 amide bonds. The lowest BCUT2D eigenvalue weighted by Crippen LogP contribution is -2.51. The van der Waals surface area contributed by atoms with Gasteiger partial charge in [0.15, 0.2) is 0 Å². The molecule has 2 fully saturated rings. The maximum Gasteiger partial charge on any atom is 0.225 e. The molecule has 4 heteroatoms. The number of piperidine rings is 1. The van der Waals surface area contributed by atoms with Crippen LogP contribution in [0.5, 0.6) is 0 Å². The summed E-state index contributed by atoms with van der Waals surface area (Å²) in [6.07, 6.45) is 5.44. The molecule has 0 radical (unpaired) electrons. The summed E-state index contributed by atoms with van der Waals surface area (Å²) >= 11 is 0. The second-order valence-electron chi connectivity index (χ2n) is 6.18. The highest BCUT2D eigenvalue weighted by atomic mass is 16.2. The monoisotopic (exact) mass is 253 g/mol.